The molecular weight excluding hydrogens is 492 g/mol. The summed E-state index contributed by atoms with van der Waals surface area (Å²) in [6, 6.07) is 4.20. The highest BCUT2D eigenvalue weighted by Crippen LogP contribution is 2.43. The molecule has 0 saturated carbocycles. The molecule has 0 radical (unpaired) electrons. The van der Waals surface area contributed by atoms with Crippen molar-refractivity contribution >= 4 is 23.4 Å². The van der Waals surface area contributed by atoms with Gasteiger partial charge in [0.05, 0.1) is 39.3 Å². The number of hydrogen-bond donors (Lipinski definition) is 2. The third kappa shape index (κ3) is 4.62. The van der Waals surface area contributed by atoms with Gasteiger partial charge in [-0.3, -0.25) is 9.59 Å². The summed E-state index contributed by atoms with van der Waals surface area (Å²) in [5.41, 5.74) is 1.77. The number of carbonyl (C=O) groups excluding carboxylic acids is 3. The van der Waals surface area contributed by atoms with Crippen LogP contribution >= 0.6 is 0 Å². The van der Waals surface area contributed by atoms with Crippen molar-refractivity contribution < 1.29 is 33.7 Å². The highest BCUT2D eigenvalue weighted by Gasteiger charge is 2.46. The minimum Gasteiger partial charge on any atom is -0.507 e. The van der Waals surface area contributed by atoms with Crippen LogP contribution in [0.15, 0.2) is 42.5 Å². The van der Waals surface area contributed by atoms with Crippen molar-refractivity contribution in [3.63, 3.8) is 0 Å². The van der Waals surface area contributed by atoms with Gasteiger partial charge in [-0.25, -0.2) is 9.78 Å². The lowest BCUT2D eigenvalue weighted by Gasteiger charge is -2.26. The number of rotatable bonds is 9. The zero-order valence-electron chi connectivity index (χ0n) is 21.9. The van der Waals surface area contributed by atoms with Crippen LogP contribution < -0.4 is 9.47 Å². The Morgan fingerprint density at radius 2 is 1.84 bits per heavy atom. The van der Waals surface area contributed by atoms with Crippen molar-refractivity contribution in [1.29, 1.82) is 0 Å². The molecule has 1 aliphatic rings. The maximum Gasteiger partial charge on any atom is 0.354 e. The number of aromatic amines is 1. The number of Topliss-reactive ketones (excluding diaryl/α,β-unsaturated/α-hetero) is 1. The van der Waals surface area contributed by atoms with Crippen molar-refractivity contribution in [1.82, 2.24) is 19.4 Å². The monoisotopic (exact) mass is 522 g/mol. The number of methoxy groups -OCH3 is 3. The number of benzene rings is 1. The van der Waals surface area contributed by atoms with Crippen LogP contribution in [0.25, 0.3) is 5.76 Å². The fraction of sp³-hybridized carbons (Fsp3) is 0.333. The van der Waals surface area contributed by atoms with Crippen LogP contribution in [-0.2, 0) is 20.9 Å². The molecule has 1 fully saturated rings. The second-order valence-electron chi connectivity index (χ2n) is 8.88. The third-order valence-corrected chi connectivity index (χ3v) is 6.70. The van der Waals surface area contributed by atoms with Crippen molar-refractivity contribution in [2.45, 2.75) is 32.9 Å². The number of aliphatic hydroxyl groups is 1. The van der Waals surface area contributed by atoms with Crippen molar-refractivity contribution in [3.8, 4) is 11.5 Å². The van der Waals surface area contributed by atoms with Gasteiger partial charge >= 0.3 is 5.97 Å². The number of H-pyrrole nitrogens is 1. The maximum atomic E-state index is 13.4. The number of likely N-dealkylation sites (tertiary alicyclic amines) is 1. The van der Waals surface area contributed by atoms with Crippen LogP contribution in [-0.4, -0.2) is 70.1 Å². The van der Waals surface area contributed by atoms with E-state index >= 15 is 0 Å². The molecule has 11 nitrogen and oxygen atoms in total. The fourth-order valence-corrected chi connectivity index (χ4v) is 4.87. The standard InChI is InChI=1S/C27H30N4O7/c1-15-20(16(2)29-22(15)27(35)38-5)24(32)21-23(17-7-8-18(36-3)19(13-17)37-4)31(26(34)25(21)33)11-6-10-30-12-9-28-14-30/h7-9,12-14,23,29,32H,6,10-11H2,1-5H3/b24-21+/t23-/m0/s1. The first kappa shape index (κ1) is 26.5. The second-order valence-corrected chi connectivity index (χ2v) is 8.88. The average molecular weight is 523 g/mol. The molecule has 1 saturated heterocycles. The first-order valence-corrected chi connectivity index (χ1v) is 12.0. The Hall–Kier alpha value is -4.54. The molecule has 0 spiro atoms. The summed E-state index contributed by atoms with van der Waals surface area (Å²) in [7, 11) is 4.25. The first-order valence-electron chi connectivity index (χ1n) is 12.0. The average Bonchev–Trinajstić information content (AvgIpc) is 3.61. The van der Waals surface area contributed by atoms with Crippen molar-refractivity contribution in [3.05, 3.63) is 70.6 Å². The Kier molecular flexibility index (Phi) is 7.56. The van der Waals surface area contributed by atoms with Crippen molar-refractivity contribution in [2.75, 3.05) is 27.9 Å². The van der Waals surface area contributed by atoms with Gasteiger partial charge in [0.25, 0.3) is 11.7 Å². The Balaban J connectivity index is 1.84. The lowest BCUT2D eigenvalue weighted by Crippen LogP contribution is -2.31. The Morgan fingerprint density at radius 3 is 2.47 bits per heavy atom. The summed E-state index contributed by atoms with van der Waals surface area (Å²) in [6.45, 7) is 4.13. The Morgan fingerprint density at radius 1 is 1.11 bits per heavy atom. The van der Waals surface area contributed by atoms with Crippen LogP contribution in [0, 0.1) is 13.8 Å². The van der Waals surface area contributed by atoms with Crippen LogP contribution in [0.4, 0.5) is 0 Å². The molecule has 1 aliphatic heterocycles. The van der Waals surface area contributed by atoms with E-state index in [0.29, 0.717) is 41.3 Å². The van der Waals surface area contributed by atoms with Gasteiger partial charge in [0.15, 0.2) is 11.5 Å². The van der Waals surface area contributed by atoms with Gasteiger partial charge in [0, 0.05) is 36.7 Å². The van der Waals surface area contributed by atoms with Gasteiger partial charge in [-0.15, -0.1) is 0 Å². The van der Waals surface area contributed by atoms with E-state index in [4.69, 9.17) is 14.2 Å². The molecule has 1 amide bonds. The van der Waals surface area contributed by atoms with E-state index in [0.717, 1.165) is 0 Å². The van der Waals surface area contributed by atoms with E-state index in [9.17, 15) is 19.5 Å². The van der Waals surface area contributed by atoms with Crippen LogP contribution in [0.1, 0.15) is 45.3 Å². The SMILES string of the molecule is COC(=O)c1[nH]c(C)c(/C(O)=C2\C(=O)C(=O)N(CCCn3ccnc3)[C@H]2c2ccc(OC)c(OC)c2)c1C. The molecule has 3 aromatic rings. The minimum absolute atomic E-state index is 0.0773. The number of aromatic nitrogens is 3. The topological polar surface area (TPSA) is 136 Å². The first-order chi connectivity index (χ1) is 18.2. The molecule has 11 heteroatoms. The minimum atomic E-state index is -0.895. The van der Waals surface area contributed by atoms with Gasteiger partial charge in [-0.2, -0.15) is 0 Å². The smallest absolute Gasteiger partial charge is 0.354 e. The fourth-order valence-electron chi connectivity index (χ4n) is 4.87. The number of aryl methyl sites for hydroxylation is 2. The molecule has 0 unspecified atom stereocenters. The van der Waals surface area contributed by atoms with Crippen molar-refractivity contribution in [2.24, 2.45) is 0 Å². The van der Waals surface area contributed by atoms with E-state index in [-0.39, 0.29) is 29.1 Å². The van der Waals surface area contributed by atoms with E-state index < -0.39 is 23.7 Å². The predicted molar refractivity (Wildman–Crippen MR) is 137 cm³/mol. The van der Waals surface area contributed by atoms with Crippen LogP contribution in [0.3, 0.4) is 0 Å². The number of hydrogen-bond acceptors (Lipinski definition) is 8. The lowest BCUT2D eigenvalue weighted by atomic mass is 9.93. The van der Waals surface area contributed by atoms with E-state index in [1.807, 2.05) is 10.8 Å². The van der Waals surface area contributed by atoms with Gasteiger partial charge in [0.2, 0.25) is 0 Å². The number of nitrogens with one attached hydrogen (secondary N) is 1. The molecule has 2 aromatic heterocycles. The molecule has 3 heterocycles. The summed E-state index contributed by atoms with van der Waals surface area (Å²) < 4.78 is 17.5. The quantitative estimate of drug-likeness (QED) is 0.189. The second kappa shape index (κ2) is 10.8. The van der Waals surface area contributed by atoms with E-state index in [1.165, 1.54) is 26.2 Å². The highest BCUT2D eigenvalue weighted by molar-refractivity contribution is 6.46. The Labute approximate surface area is 219 Å². The number of aliphatic hydroxyl groups excluding tert-OH is 1. The van der Waals surface area contributed by atoms with Gasteiger partial charge in [0.1, 0.15) is 11.5 Å². The molecule has 1 aromatic carbocycles. The predicted octanol–water partition coefficient (Wildman–Crippen LogP) is 3.14. The summed E-state index contributed by atoms with van der Waals surface area (Å²) in [5.74, 6) is -1.63. The molecule has 4 rings (SSSR count). The molecule has 2 N–H and O–H groups in total. The van der Waals surface area contributed by atoms with Gasteiger partial charge in [-0.05, 0) is 43.5 Å². The van der Waals surface area contributed by atoms with Crippen LogP contribution in [0.2, 0.25) is 0 Å². The summed E-state index contributed by atoms with van der Waals surface area (Å²) in [4.78, 5) is 47.4. The molecule has 1 atom stereocenters. The lowest BCUT2D eigenvalue weighted by molar-refractivity contribution is -0.139. The van der Waals surface area contributed by atoms with E-state index in [1.54, 1.807) is 44.6 Å². The number of imidazole rings is 1. The summed E-state index contributed by atoms with van der Waals surface area (Å²) in [6.07, 6.45) is 5.70. The molecule has 0 aliphatic carbocycles. The number of esters is 1. The maximum absolute atomic E-state index is 13.4. The van der Waals surface area contributed by atoms with Gasteiger partial charge < -0.3 is 33.8 Å². The zero-order valence-corrected chi connectivity index (χ0v) is 21.9. The molecule has 38 heavy (non-hydrogen) atoms. The zero-order chi connectivity index (χ0) is 27.6. The third-order valence-electron chi connectivity index (χ3n) is 6.70. The highest BCUT2D eigenvalue weighted by atomic mass is 16.5. The number of nitrogens with zero attached hydrogens (tertiary/aromatic N) is 3. The Bertz CT molecular complexity index is 1400. The summed E-state index contributed by atoms with van der Waals surface area (Å²) >= 11 is 0. The van der Waals surface area contributed by atoms with E-state index in [2.05, 4.69) is 9.97 Å². The number of carbonyl (C=O) groups is 3. The largest absolute Gasteiger partial charge is 0.507 e. The van der Waals surface area contributed by atoms with Crippen LogP contribution in [0.5, 0.6) is 11.5 Å². The number of amides is 1. The molecular formula is C27H30N4O7. The molecule has 200 valence electrons. The molecule has 0 bridgehead atoms. The van der Waals surface area contributed by atoms with Gasteiger partial charge in [-0.1, -0.05) is 6.07 Å². The number of ketones is 1. The number of ether oxygens (including phenoxy) is 3. The normalized spacial score (nSPS) is 16.7. The summed E-state index contributed by atoms with van der Waals surface area (Å²) in [5, 5.41) is 11.5.